The highest BCUT2D eigenvalue weighted by molar-refractivity contribution is 7.80. The molecule has 0 aromatic carbocycles. The smallest absolute Gasteiger partial charge is 0.150 e. The molecule has 1 aliphatic heterocycles. The molecule has 5 nitrogen and oxygen atoms in total. The summed E-state index contributed by atoms with van der Waals surface area (Å²) in [6.07, 6.45) is 1.81. The zero-order valence-corrected chi connectivity index (χ0v) is 11.7. The summed E-state index contributed by atoms with van der Waals surface area (Å²) >= 11 is 4.94. The molecule has 0 atom stereocenters. The van der Waals surface area contributed by atoms with E-state index in [1.807, 2.05) is 20.0 Å². The van der Waals surface area contributed by atoms with Crippen LogP contribution in [0.3, 0.4) is 0 Å². The fourth-order valence-corrected chi connectivity index (χ4v) is 2.35. The Bertz CT molecular complexity index is 440. The number of hydrogen-bond donors (Lipinski definition) is 1. The van der Waals surface area contributed by atoms with E-state index in [1.165, 1.54) is 0 Å². The van der Waals surface area contributed by atoms with Gasteiger partial charge in [-0.15, -0.1) is 0 Å². The maximum absolute atomic E-state index is 5.57. The van der Waals surface area contributed by atoms with Crippen LogP contribution in [0, 0.1) is 13.8 Å². The average molecular weight is 265 g/mol. The summed E-state index contributed by atoms with van der Waals surface area (Å²) in [5.41, 5.74) is 7.52. The third kappa shape index (κ3) is 3.14. The quantitative estimate of drug-likeness (QED) is 0.803. The zero-order valence-electron chi connectivity index (χ0n) is 10.9. The number of piperazine rings is 1. The second kappa shape index (κ2) is 5.58. The Hall–Kier alpha value is -1.27. The Kier molecular flexibility index (Phi) is 4.08. The number of hydrogen-bond acceptors (Lipinski definition) is 5. The van der Waals surface area contributed by atoms with Gasteiger partial charge in [0.15, 0.2) is 0 Å². The van der Waals surface area contributed by atoms with Gasteiger partial charge in [0.2, 0.25) is 0 Å². The van der Waals surface area contributed by atoms with Crippen molar-refractivity contribution in [2.75, 3.05) is 37.6 Å². The molecule has 0 unspecified atom stereocenters. The van der Waals surface area contributed by atoms with Gasteiger partial charge in [0, 0.05) is 38.9 Å². The predicted octanol–water partition coefficient (Wildman–Crippen LogP) is 0.502. The summed E-state index contributed by atoms with van der Waals surface area (Å²) in [5, 5.41) is 0. The highest BCUT2D eigenvalue weighted by Gasteiger charge is 2.20. The van der Waals surface area contributed by atoms with Crippen LogP contribution in [-0.2, 0) is 0 Å². The minimum atomic E-state index is 0.565. The first-order chi connectivity index (χ1) is 8.56. The van der Waals surface area contributed by atoms with Gasteiger partial charge < -0.3 is 10.6 Å². The van der Waals surface area contributed by atoms with E-state index in [0.29, 0.717) is 11.5 Å². The molecule has 2 rings (SSSR count). The monoisotopic (exact) mass is 265 g/mol. The van der Waals surface area contributed by atoms with Crippen LogP contribution in [0.15, 0.2) is 6.20 Å². The van der Waals surface area contributed by atoms with Gasteiger partial charge in [-0.05, 0) is 13.8 Å². The summed E-state index contributed by atoms with van der Waals surface area (Å²) in [6.45, 7) is 8.51. The third-order valence-corrected chi connectivity index (χ3v) is 3.23. The van der Waals surface area contributed by atoms with E-state index in [0.717, 1.165) is 43.4 Å². The van der Waals surface area contributed by atoms with Crippen LogP contribution in [0.2, 0.25) is 0 Å². The van der Waals surface area contributed by atoms with Crippen LogP contribution in [0.25, 0.3) is 0 Å². The van der Waals surface area contributed by atoms with Gasteiger partial charge >= 0.3 is 0 Å². The van der Waals surface area contributed by atoms with Crippen molar-refractivity contribution in [3.63, 3.8) is 0 Å². The van der Waals surface area contributed by atoms with Gasteiger partial charge in [0.1, 0.15) is 5.82 Å². The molecule has 2 heterocycles. The first-order valence-corrected chi connectivity index (χ1v) is 6.53. The second-order valence-electron chi connectivity index (χ2n) is 4.65. The maximum Gasteiger partial charge on any atom is 0.150 e. The molecule has 18 heavy (non-hydrogen) atoms. The molecule has 0 amide bonds. The number of anilines is 1. The van der Waals surface area contributed by atoms with E-state index in [1.54, 1.807) is 0 Å². The molecule has 0 aliphatic carbocycles. The number of aryl methyl sites for hydroxylation is 2. The van der Waals surface area contributed by atoms with Crippen LogP contribution in [0.5, 0.6) is 0 Å². The largest absolute Gasteiger partial charge is 0.392 e. The first-order valence-electron chi connectivity index (χ1n) is 6.12. The van der Waals surface area contributed by atoms with Crippen molar-refractivity contribution in [1.29, 1.82) is 0 Å². The van der Waals surface area contributed by atoms with E-state index in [2.05, 4.69) is 19.8 Å². The lowest BCUT2D eigenvalue weighted by Crippen LogP contribution is -2.49. The van der Waals surface area contributed by atoms with Crippen LogP contribution in [0.4, 0.5) is 5.82 Å². The van der Waals surface area contributed by atoms with Gasteiger partial charge in [-0.1, -0.05) is 12.2 Å². The molecule has 1 aromatic heterocycles. The molecule has 1 aromatic rings. The molecule has 2 N–H and O–H groups in total. The van der Waals surface area contributed by atoms with Gasteiger partial charge in [0.25, 0.3) is 0 Å². The van der Waals surface area contributed by atoms with E-state index in [-0.39, 0.29) is 0 Å². The number of nitrogens with zero attached hydrogens (tertiary/aromatic N) is 4. The third-order valence-electron chi connectivity index (χ3n) is 3.10. The minimum Gasteiger partial charge on any atom is -0.392 e. The Labute approximate surface area is 113 Å². The molecule has 0 saturated carbocycles. The molecule has 6 heteroatoms. The standard InChI is InChI=1S/C12H19N5S/c1-9-7-14-10(2)12(15-9)17-5-3-16(4-6-17)8-11(13)18/h7H,3-6,8H2,1-2H3,(H2,13,18). The SMILES string of the molecule is Cc1cnc(C)c(N2CCN(CC(N)=S)CC2)n1. The molecule has 0 radical (unpaired) electrons. The summed E-state index contributed by atoms with van der Waals surface area (Å²) in [5.74, 6) is 1.00. The van der Waals surface area contributed by atoms with E-state index < -0.39 is 0 Å². The lowest BCUT2D eigenvalue weighted by molar-refractivity contribution is 0.291. The molecule has 1 fully saturated rings. The van der Waals surface area contributed by atoms with Crippen molar-refractivity contribution in [3.8, 4) is 0 Å². The van der Waals surface area contributed by atoms with Crippen molar-refractivity contribution in [2.45, 2.75) is 13.8 Å². The van der Waals surface area contributed by atoms with Crippen molar-refractivity contribution < 1.29 is 0 Å². The fourth-order valence-electron chi connectivity index (χ4n) is 2.16. The maximum atomic E-state index is 5.57. The van der Waals surface area contributed by atoms with Crippen molar-refractivity contribution in [3.05, 3.63) is 17.6 Å². The Balaban J connectivity index is 2.01. The summed E-state index contributed by atoms with van der Waals surface area (Å²) in [7, 11) is 0. The summed E-state index contributed by atoms with van der Waals surface area (Å²) in [6, 6.07) is 0. The van der Waals surface area contributed by atoms with Gasteiger partial charge in [-0.3, -0.25) is 9.88 Å². The minimum absolute atomic E-state index is 0.565. The molecule has 1 aliphatic rings. The Morgan fingerprint density at radius 3 is 2.61 bits per heavy atom. The highest BCUT2D eigenvalue weighted by atomic mass is 32.1. The molecule has 98 valence electrons. The molecule has 0 spiro atoms. The predicted molar refractivity (Wildman–Crippen MR) is 76.9 cm³/mol. The second-order valence-corrected chi connectivity index (χ2v) is 5.17. The van der Waals surface area contributed by atoms with E-state index >= 15 is 0 Å². The van der Waals surface area contributed by atoms with Gasteiger partial charge in [-0.25, -0.2) is 4.98 Å². The fraction of sp³-hybridized carbons (Fsp3) is 0.583. The molecular weight excluding hydrogens is 246 g/mol. The van der Waals surface area contributed by atoms with Crippen molar-refractivity contribution in [2.24, 2.45) is 5.73 Å². The van der Waals surface area contributed by atoms with Gasteiger partial charge in [-0.2, -0.15) is 0 Å². The molecule has 0 bridgehead atoms. The number of aromatic nitrogens is 2. The summed E-state index contributed by atoms with van der Waals surface area (Å²) < 4.78 is 0. The number of thiocarbonyl (C=S) groups is 1. The van der Waals surface area contributed by atoms with E-state index in [9.17, 15) is 0 Å². The molecular formula is C12H19N5S. The topological polar surface area (TPSA) is 58.3 Å². The van der Waals surface area contributed by atoms with Crippen molar-refractivity contribution in [1.82, 2.24) is 14.9 Å². The lowest BCUT2D eigenvalue weighted by Gasteiger charge is -2.35. The van der Waals surface area contributed by atoms with Crippen LogP contribution >= 0.6 is 12.2 Å². The van der Waals surface area contributed by atoms with Crippen LogP contribution in [0.1, 0.15) is 11.4 Å². The van der Waals surface area contributed by atoms with Crippen LogP contribution < -0.4 is 10.6 Å². The molecule has 1 saturated heterocycles. The normalized spacial score (nSPS) is 16.9. The first kappa shape index (κ1) is 13.2. The van der Waals surface area contributed by atoms with E-state index in [4.69, 9.17) is 18.0 Å². The van der Waals surface area contributed by atoms with Crippen molar-refractivity contribution >= 4 is 23.0 Å². The Morgan fingerprint density at radius 2 is 2.00 bits per heavy atom. The van der Waals surface area contributed by atoms with Gasteiger partial charge in [0.05, 0.1) is 16.4 Å². The number of nitrogens with two attached hydrogens (primary N) is 1. The zero-order chi connectivity index (χ0) is 13.1. The number of rotatable bonds is 3. The Morgan fingerprint density at radius 1 is 1.33 bits per heavy atom. The summed E-state index contributed by atoms with van der Waals surface area (Å²) in [4.78, 5) is 14.1. The van der Waals surface area contributed by atoms with Crippen LogP contribution in [-0.4, -0.2) is 52.6 Å². The highest BCUT2D eigenvalue weighted by Crippen LogP contribution is 2.17. The lowest BCUT2D eigenvalue weighted by atomic mass is 10.3. The average Bonchev–Trinajstić information content (AvgIpc) is 2.33.